The fraction of sp³-hybridized carbons (Fsp3) is 0. The topological polar surface area (TPSA) is 24.7 Å². The van der Waals surface area contributed by atoms with Crippen LogP contribution in [0.2, 0.25) is 0 Å². The van der Waals surface area contributed by atoms with E-state index < -0.39 is 0 Å². The number of aliphatic imine (C=N–C) groups is 2. The van der Waals surface area contributed by atoms with Crippen LogP contribution in [0.5, 0.6) is 0 Å². The van der Waals surface area contributed by atoms with E-state index in [0.717, 1.165) is 32.9 Å². The van der Waals surface area contributed by atoms with Crippen LogP contribution in [0.1, 0.15) is 0 Å². The largest absolute Gasteiger partial charge is 0.194 e. The molecule has 0 radical (unpaired) electrons. The molecule has 3 aromatic carbocycles. The van der Waals surface area contributed by atoms with E-state index in [9.17, 15) is 0 Å². The van der Waals surface area contributed by atoms with Crippen LogP contribution in [0.4, 0.5) is 11.4 Å². The van der Waals surface area contributed by atoms with E-state index in [-0.39, 0.29) is 0 Å². The van der Waals surface area contributed by atoms with E-state index in [2.05, 4.69) is 32.4 Å². The second kappa shape index (κ2) is 5.41. The fourth-order valence-electron chi connectivity index (χ4n) is 2.31. The number of hydrogen-bond acceptors (Lipinski definition) is 4. The van der Waals surface area contributed by atoms with Crippen molar-refractivity contribution in [1.82, 2.24) is 0 Å². The second-order valence-corrected chi connectivity index (χ2v) is 4.62. The minimum absolute atomic E-state index is 0.806. The Hall–Kier alpha value is -2.22. The standard InChI is InChI=1S/C16H8N2S2/c19-9-17-15-5-1-3-11-7-12-4-2-6-16(18-10-20)14(12)8-13(11)15/h1-8H. The maximum atomic E-state index is 4.70. The third-order valence-corrected chi connectivity index (χ3v) is 3.35. The third kappa shape index (κ3) is 2.18. The van der Waals surface area contributed by atoms with E-state index in [1.54, 1.807) is 0 Å². The van der Waals surface area contributed by atoms with Gasteiger partial charge in [-0.05, 0) is 59.5 Å². The first-order chi connectivity index (χ1) is 9.83. The number of nitrogens with zero attached hydrogens (tertiary/aromatic N) is 2. The van der Waals surface area contributed by atoms with Gasteiger partial charge in [0.15, 0.2) is 0 Å². The van der Waals surface area contributed by atoms with Crippen molar-refractivity contribution in [3.05, 3.63) is 48.5 Å². The molecule has 0 aliphatic rings. The molecule has 3 rings (SSSR count). The maximum absolute atomic E-state index is 4.70. The number of isothiocyanates is 2. The summed E-state index contributed by atoms with van der Waals surface area (Å²) in [7, 11) is 0. The molecule has 0 aliphatic heterocycles. The lowest BCUT2D eigenvalue weighted by atomic mass is 10.0. The Kier molecular flexibility index (Phi) is 3.46. The molecule has 0 aliphatic carbocycles. The Balaban J connectivity index is 2.48. The van der Waals surface area contributed by atoms with Crippen LogP contribution in [0, 0.1) is 0 Å². The van der Waals surface area contributed by atoms with Gasteiger partial charge in [0.2, 0.25) is 0 Å². The Morgan fingerprint density at radius 3 is 1.65 bits per heavy atom. The van der Waals surface area contributed by atoms with Crippen molar-refractivity contribution in [3.8, 4) is 0 Å². The Morgan fingerprint density at radius 2 is 1.20 bits per heavy atom. The summed E-state index contributed by atoms with van der Waals surface area (Å²) in [6.07, 6.45) is 0. The quantitative estimate of drug-likeness (QED) is 0.356. The molecule has 0 N–H and O–H groups in total. The van der Waals surface area contributed by atoms with Crippen molar-refractivity contribution in [1.29, 1.82) is 0 Å². The predicted molar refractivity (Wildman–Crippen MR) is 90.8 cm³/mol. The fourth-order valence-corrected chi connectivity index (χ4v) is 2.51. The normalized spacial score (nSPS) is 10.0. The molecule has 0 heterocycles. The lowest BCUT2D eigenvalue weighted by molar-refractivity contribution is 1.58. The van der Waals surface area contributed by atoms with Crippen molar-refractivity contribution < 1.29 is 0 Å². The van der Waals surface area contributed by atoms with Gasteiger partial charge in [0, 0.05) is 10.8 Å². The van der Waals surface area contributed by atoms with Crippen molar-refractivity contribution in [2.24, 2.45) is 9.98 Å². The van der Waals surface area contributed by atoms with Crippen LogP contribution in [0.15, 0.2) is 58.5 Å². The minimum Gasteiger partial charge on any atom is -0.194 e. The zero-order valence-corrected chi connectivity index (χ0v) is 12.0. The third-order valence-electron chi connectivity index (χ3n) is 3.17. The van der Waals surface area contributed by atoms with Gasteiger partial charge in [0.05, 0.1) is 21.7 Å². The highest BCUT2D eigenvalue weighted by molar-refractivity contribution is 7.78. The summed E-state index contributed by atoms with van der Waals surface area (Å²) in [4.78, 5) is 8.23. The molecule has 0 bridgehead atoms. The molecule has 0 aromatic heterocycles. The van der Waals surface area contributed by atoms with Crippen LogP contribution >= 0.6 is 24.4 Å². The zero-order chi connectivity index (χ0) is 13.9. The van der Waals surface area contributed by atoms with Crippen LogP contribution in [-0.4, -0.2) is 10.3 Å². The van der Waals surface area contributed by atoms with Crippen molar-refractivity contribution in [3.63, 3.8) is 0 Å². The number of fused-ring (bicyclic) bond motifs is 2. The van der Waals surface area contributed by atoms with Gasteiger partial charge in [-0.1, -0.05) is 24.3 Å². The predicted octanol–water partition coefficient (Wildman–Crippen LogP) is 5.46. The highest BCUT2D eigenvalue weighted by atomic mass is 32.1. The molecule has 20 heavy (non-hydrogen) atoms. The molecule has 0 fully saturated rings. The molecule has 0 saturated heterocycles. The molecule has 4 heteroatoms. The summed E-state index contributed by atoms with van der Waals surface area (Å²) in [6.45, 7) is 0. The van der Waals surface area contributed by atoms with Gasteiger partial charge in [-0.3, -0.25) is 0 Å². The monoisotopic (exact) mass is 292 g/mol. The van der Waals surface area contributed by atoms with E-state index >= 15 is 0 Å². The van der Waals surface area contributed by atoms with Gasteiger partial charge < -0.3 is 0 Å². The van der Waals surface area contributed by atoms with Crippen molar-refractivity contribution in [2.45, 2.75) is 0 Å². The number of hydrogen-bond donors (Lipinski definition) is 0. The summed E-state index contributed by atoms with van der Waals surface area (Å²) in [5, 5.41) is 9.08. The number of benzene rings is 3. The Bertz CT molecular complexity index is 845. The first-order valence-corrected chi connectivity index (χ1v) is 6.76. The molecule has 0 amide bonds. The summed E-state index contributed by atoms with van der Waals surface area (Å²) in [6, 6.07) is 16.0. The summed E-state index contributed by atoms with van der Waals surface area (Å²) in [5.74, 6) is 0. The van der Waals surface area contributed by atoms with Gasteiger partial charge in [0.1, 0.15) is 0 Å². The first-order valence-electron chi connectivity index (χ1n) is 5.95. The maximum Gasteiger partial charge on any atom is 0.0818 e. The van der Waals surface area contributed by atoms with Gasteiger partial charge in [-0.2, -0.15) is 9.98 Å². The van der Waals surface area contributed by atoms with Crippen LogP contribution in [0.25, 0.3) is 21.5 Å². The molecular weight excluding hydrogens is 284 g/mol. The van der Waals surface area contributed by atoms with Crippen molar-refractivity contribution in [2.75, 3.05) is 0 Å². The van der Waals surface area contributed by atoms with Crippen molar-refractivity contribution >= 4 is 67.7 Å². The van der Waals surface area contributed by atoms with E-state index in [4.69, 9.17) is 24.4 Å². The average Bonchev–Trinajstić information content (AvgIpc) is 2.47. The molecule has 0 saturated carbocycles. The van der Waals surface area contributed by atoms with E-state index in [1.165, 1.54) is 0 Å². The van der Waals surface area contributed by atoms with Gasteiger partial charge >= 0.3 is 0 Å². The minimum atomic E-state index is 0.806. The van der Waals surface area contributed by atoms with Crippen LogP contribution in [0.3, 0.4) is 0 Å². The SMILES string of the molecule is S=C=Nc1cccc2cc3cccc(N=C=S)c3cc12. The van der Waals surface area contributed by atoms with E-state index in [0.29, 0.717) is 0 Å². The van der Waals surface area contributed by atoms with E-state index in [1.807, 2.05) is 36.4 Å². The zero-order valence-electron chi connectivity index (χ0n) is 10.3. The second-order valence-electron chi connectivity index (χ2n) is 4.25. The highest BCUT2D eigenvalue weighted by Gasteiger charge is 2.05. The van der Waals surface area contributed by atoms with Gasteiger partial charge in [-0.25, -0.2) is 0 Å². The first kappa shape index (κ1) is 12.8. The molecular formula is C16H8N2S2. The van der Waals surface area contributed by atoms with Crippen LogP contribution in [-0.2, 0) is 0 Å². The summed E-state index contributed by atoms with van der Waals surface area (Å²) in [5.41, 5.74) is 1.61. The summed E-state index contributed by atoms with van der Waals surface area (Å²) >= 11 is 9.40. The smallest absolute Gasteiger partial charge is 0.0818 e. The molecule has 0 spiro atoms. The Morgan fingerprint density at radius 1 is 0.700 bits per heavy atom. The molecule has 2 nitrogen and oxygen atoms in total. The van der Waals surface area contributed by atoms with Crippen LogP contribution < -0.4 is 0 Å². The summed E-state index contributed by atoms with van der Waals surface area (Å²) < 4.78 is 0. The number of rotatable bonds is 2. The molecule has 3 aromatic rings. The molecule has 0 atom stereocenters. The van der Waals surface area contributed by atoms with Gasteiger partial charge in [0.25, 0.3) is 0 Å². The van der Waals surface area contributed by atoms with Gasteiger partial charge in [-0.15, -0.1) is 0 Å². The molecule has 94 valence electrons. The lowest BCUT2D eigenvalue weighted by Crippen LogP contribution is -1.78. The average molecular weight is 292 g/mol. The lowest BCUT2D eigenvalue weighted by Gasteiger charge is -2.06. The highest BCUT2D eigenvalue weighted by Crippen LogP contribution is 2.33. The number of thiocarbonyl (C=S) groups is 2. The molecule has 0 unspecified atom stereocenters. The Labute approximate surface area is 126 Å².